The van der Waals surface area contributed by atoms with Gasteiger partial charge in [0.2, 0.25) is 0 Å². The van der Waals surface area contributed by atoms with E-state index in [2.05, 4.69) is 10.1 Å². The molecule has 1 N–H and O–H groups in total. The molecule has 0 spiro atoms. The first-order valence-electron chi connectivity index (χ1n) is 6.71. The van der Waals surface area contributed by atoms with Crippen molar-refractivity contribution in [1.82, 2.24) is 5.32 Å². The number of carbonyl (C=O) groups excluding carboxylic acids is 3. The average Bonchev–Trinajstić information content (AvgIpc) is 3.14. The smallest absolute Gasteiger partial charge is 0.339 e. The number of amides is 2. The van der Waals surface area contributed by atoms with Crippen LogP contribution in [0, 0.1) is 0 Å². The summed E-state index contributed by atoms with van der Waals surface area (Å²) < 4.78 is 10.3. The van der Waals surface area contributed by atoms with Gasteiger partial charge in [-0.15, -0.1) is 0 Å². The van der Waals surface area contributed by atoms with Crippen molar-refractivity contribution < 1.29 is 23.5 Å². The number of imide groups is 1. The van der Waals surface area contributed by atoms with E-state index in [-0.39, 0.29) is 15.5 Å². The number of esters is 1. The van der Waals surface area contributed by atoms with Gasteiger partial charge in [0.25, 0.3) is 11.1 Å². The summed E-state index contributed by atoms with van der Waals surface area (Å²) in [6.07, 6.45) is 1.48. The fraction of sp³-hybridized carbons (Fsp3) is 0.0625. The van der Waals surface area contributed by atoms with Crippen LogP contribution in [0.3, 0.4) is 0 Å². The Labute approximate surface area is 145 Å². The zero-order valence-electron chi connectivity index (χ0n) is 12.3. The van der Waals surface area contributed by atoms with E-state index in [1.54, 1.807) is 30.3 Å². The molecule has 8 heteroatoms. The highest BCUT2D eigenvalue weighted by atomic mass is 35.5. The number of carbonyl (C=O) groups is 3. The molecule has 24 heavy (non-hydrogen) atoms. The monoisotopic (exact) mass is 363 g/mol. The van der Waals surface area contributed by atoms with E-state index in [4.69, 9.17) is 16.0 Å². The van der Waals surface area contributed by atoms with Crippen LogP contribution < -0.4 is 5.32 Å². The number of furan rings is 1. The molecular formula is C16H10ClNO5S. The van der Waals surface area contributed by atoms with Gasteiger partial charge in [0.1, 0.15) is 11.5 Å². The van der Waals surface area contributed by atoms with Crippen molar-refractivity contribution in [3.8, 4) is 11.3 Å². The minimum atomic E-state index is -0.548. The van der Waals surface area contributed by atoms with Crippen LogP contribution in [0.15, 0.2) is 39.7 Å². The third-order valence-electron chi connectivity index (χ3n) is 3.20. The maximum absolute atomic E-state index is 11.7. The summed E-state index contributed by atoms with van der Waals surface area (Å²) in [5.41, 5.74) is 0.855. The van der Waals surface area contributed by atoms with Crippen molar-refractivity contribution in [1.29, 1.82) is 0 Å². The molecule has 2 amide bonds. The van der Waals surface area contributed by atoms with Crippen molar-refractivity contribution >= 4 is 46.6 Å². The van der Waals surface area contributed by atoms with E-state index in [0.717, 1.165) is 11.8 Å². The summed E-state index contributed by atoms with van der Waals surface area (Å²) >= 11 is 6.79. The lowest BCUT2D eigenvalue weighted by Gasteiger charge is -2.04. The molecule has 0 bridgehead atoms. The molecule has 1 aromatic heterocycles. The number of ether oxygens (including phenoxy) is 1. The number of thioether (sulfide) groups is 1. The number of nitrogens with one attached hydrogen (secondary N) is 1. The van der Waals surface area contributed by atoms with Crippen LogP contribution in [-0.2, 0) is 9.53 Å². The maximum atomic E-state index is 11.7. The van der Waals surface area contributed by atoms with Crippen LogP contribution in [0.25, 0.3) is 17.4 Å². The summed E-state index contributed by atoms with van der Waals surface area (Å²) in [6, 6.07) is 8.18. The number of rotatable bonds is 3. The summed E-state index contributed by atoms with van der Waals surface area (Å²) in [5.74, 6) is -0.110. The minimum Gasteiger partial charge on any atom is -0.465 e. The molecule has 0 unspecified atom stereocenters. The van der Waals surface area contributed by atoms with Gasteiger partial charge in [-0.2, -0.15) is 0 Å². The molecule has 122 valence electrons. The van der Waals surface area contributed by atoms with E-state index in [9.17, 15) is 14.4 Å². The molecule has 0 saturated carbocycles. The quantitative estimate of drug-likeness (QED) is 0.661. The number of hydrogen-bond acceptors (Lipinski definition) is 6. The van der Waals surface area contributed by atoms with E-state index >= 15 is 0 Å². The maximum Gasteiger partial charge on any atom is 0.339 e. The molecule has 0 aliphatic carbocycles. The molecule has 1 aliphatic rings. The molecule has 1 aromatic carbocycles. The Balaban J connectivity index is 1.91. The Kier molecular flexibility index (Phi) is 4.46. The highest BCUT2D eigenvalue weighted by Gasteiger charge is 2.25. The predicted molar refractivity (Wildman–Crippen MR) is 89.6 cm³/mol. The molecule has 0 atom stereocenters. The second kappa shape index (κ2) is 6.54. The van der Waals surface area contributed by atoms with Gasteiger partial charge in [0.05, 0.1) is 22.6 Å². The lowest BCUT2D eigenvalue weighted by Crippen LogP contribution is -2.17. The topological polar surface area (TPSA) is 85.6 Å². The van der Waals surface area contributed by atoms with E-state index in [1.165, 1.54) is 13.2 Å². The van der Waals surface area contributed by atoms with Crippen molar-refractivity contribution in [2.45, 2.75) is 0 Å². The third kappa shape index (κ3) is 3.22. The van der Waals surface area contributed by atoms with Crippen molar-refractivity contribution in [3.63, 3.8) is 0 Å². The van der Waals surface area contributed by atoms with Crippen LogP contribution in [0.2, 0.25) is 5.02 Å². The molecule has 6 nitrogen and oxygen atoms in total. The van der Waals surface area contributed by atoms with Crippen molar-refractivity contribution in [2.24, 2.45) is 0 Å². The first-order valence-corrected chi connectivity index (χ1v) is 7.90. The zero-order chi connectivity index (χ0) is 17.3. The van der Waals surface area contributed by atoms with Crippen LogP contribution in [0.5, 0.6) is 0 Å². The number of hydrogen-bond donors (Lipinski definition) is 1. The van der Waals surface area contributed by atoms with Gasteiger partial charge in [0.15, 0.2) is 0 Å². The van der Waals surface area contributed by atoms with Crippen molar-refractivity contribution in [3.05, 3.63) is 51.6 Å². The fourth-order valence-corrected chi connectivity index (χ4v) is 2.94. The van der Waals surface area contributed by atoms with Gasteiger partial charge in [-0.25, -0.2) is 4.79 Å². The molecule has 0 radical (unpaired) electrons. The number of methoxy groups -OCH3 is 1. The van der Waals surface area contributed by atoms with Gasteiger partial charge in [-0.1, -0.05) is 11.6 Å². The largest absolute Gasteiger partial charge is 0.465 e. The second-order valence-corrected chi connectivity index (χ2v) is 6.16. The normalized spacial score (nSPS) is 15.7. The Bertz CT molecular complexity index is 886. The van der Waals surface area contributed by atoms with Crippen LogP contribution in [0.4, 0.5) is 4.79 Å². The number of halogens is 1. The SMILES string of the molecule is COC(=O)c1cc(-c2ccc(/C=C3\SC(=O)NC3=O)o2)ccc1Cl. The summed E-state index contributed by atoms with van der Waals surface area (Å²) in [5, 5.41) is 2.02. The average molecular weight is 364 g/mol. The van der Waals surface area contributed by atoms with Crippen LogP contribution in [0.1, 0.15) is 16.1 Å². The Morgan fingerprint density at radius 2 is 2.08 bits per heavy atom. The summed E-state index contributed by atoms with van der Waals surface area (Å²) in [6.45, 7) is 0. The summed E-state index contributed by atoms with van der Waals surface area (Å²) in [4.78, 5) is 34.6. The second-order valence-electron chi connectivity index (χ2n) is 4.74. The van der Waals surface area contributed by atoms with Crippen molar-refractivity contribution in [2.75, 3.05) is 7.11 Å². The molecule has 1 fully saturated rings. The van der Waals surface area contributed by atoms with Gasteiger partial charge >= 0.3 is 5.97 Å². The highest BCUT2D eigenvalue weighted by molar-refractivity contribution is 8.18. The molecule has 1 aliphatic heterocycles. The fourth-order valence-electron chi connectivity index (χ4n) is 2.08. The lowest BCUT2D eigenvalue weighted by atomic mass is 10.1. The van der Waals surface area contributed by atoms with Gasteiger partial charge < -0.3 is 9.15 Å². The molecular weight excluding hydrogens is 354 g/mol. The molecule has 1 saturated heterocycles. The standard InChI is InChI=1S/C16H10ClNO5S/c1-22-15(20)10-6-8(2-4-11(10)17)12-5-3-9(23-12)7-13-14(19)18-16(21)24-13/h2-7H,1H3,(H,18,19,21)/b13-7-. The minimum absolute atomic E-state index is 0.226. The molecule has 3 rings (SSSR count). The van der Waals surface area contributed by atoms with Gasteiger partial charge in [0, 0.05) is 11.6 Å². The number of benzene rings is 1. The first kappa shape index (κ1) is 16.4. The van der Waals surface area contributed by atoms with Gasteiger partial charge in [-0.3, -0.25) is 14.9 Å². The Morgan fingerprint density at radius 1 is 1.29 bits per heavy atom. The zero-order valence-corrected chi connectivity index (χ0v) is 13.9. The first-order chi connectivity index (χ1) is 11.5. The molecule has 2 heterocycles. The van der Waals surface area contributed by atoms with E-state index < -0.39 is 17.1 Å². The summed E-state index contributed by atoms with van der Waals surface area (Å²) in [7, 11) is 1.27. The lowest BCUT2D eigenvalue weighted by molar-refractivity contribution is -0.115. The van der Waals surface area contributed by atoms with Crippen LogP contribution in [-0.4, -0.2) is 24.2 Å². The van der Waals surface area contributed by atoms with E-state index in [1.807, 2.05) is 0 Å². The van der Waals surface area contributed by atoms with E-state index in [0.29, 0.717) is 17.1 Å². The van der Waals surface area contributed by atoms with Crippen LogP contribution >= 0.6 is 23.4 Å². The highest BCUT2D eigenvalue weighted by Crippen LogP contribution is 2.30. The Hall–Kier alpha value is -2.51. The molecule has 2 aromatic rings. The predicted octanol–water partition coefficient (Wildman–Crippen LogP) is 3.71. The third-order valence-corrected chi connectivity index (χ3v) is 4.34. The van der Waals surface area contributed by atoms with Gasteiger partial charge in [-0.05, 0) is 42.1 Å². The Morgan fingerprint density at radius 3 is 2.75 bits per heavy atom.